The third-order valence-corrected chi connectivity index (χ3v) is 3.78. The topological polar surface area (TPSA) is 102 Å². The van der Waals surface area contributed by atoms with Crippen LogP contribution in [0.2, 0.25) is 0 Å². The second-order valence-electron chi connectivity index (χ2n) is 4.99. The first kappa shape index (κ1) is 14.3. The van der Waals surface area contributed by atoms with Gasteiger partial charge in [-0.15, -0.1) is 0 Å². The molecule has 1 fully saturated rings. The SMILES string of the molecule is CN(C(=O)c1cc(NN)ccc1[N+](=O)[O-])C1CCCC1. The van der Waals surface area contributed by atoms with Crippen molar-refractivity contribution in [2.45, 2.75) is 31.7 Å². The summed E-state index contributed by atoms with van der Waals surface area (Å²) in [6.07, 6.45) is 4.08. The molecule has 0 radical (unpaired) electrons. The molecule has 20 heavy (non-hydrogen) atoms. The number of anilines is 1. The number of nitro benzene ring substituents is 1. The number of nitrogens with zero attached hydrogens (tertiary/aromatic N) is 2. The largest absolute Gasteiger partial charge is 0.339 e. The quantitative estimate of drug-likeness (QED) is 0.497. The van der Waals surface area contributed by atoms with E-state index in [9.17, 15) is 14.9 Å². The first-order valence-electron chi connectivity index (χ1n) is 6.57. The molecular formula is C13H18N4O3. The van der Waals surface area contributed by atoms with Gasteiger partial charge in [-0.25, -0.2) is 0 Å². The molecule has 0 aliphatic heterocycles. The van der Waals surface area contributed by atoms with Crippen molar-refractivity contribution in [2.75, 3.05) is 12.5 Å². The fourth-order valence-electron chi connectivity index (χ4n) is 2.60. The summed E-state index contributed by atoms with van der Waals surface area (Å²) in [5, 5.41) is 11.1. The van der Waals surface area contributed by atoms with Gasteiger partial charge in [-0.05, 0) is 25.0 Å². The Morgan fingerprint density at radius 1 is 1.45 bits per heavy atom. The highest BCUT2D eigenvalue weighted by atomic mass is 16.6. The molecule has 0 heterocycles. The van der Waals surface area contributed by atoms with E-state index in [0.29, 0.717) is 5.69 Å². The Bertz CT molecular complexity index is 526. The van der Waals surface area contributed by atoms with E-state index in [4.69, 9.17) is 5.84 Å². The monoisotopic (exact) mass is 278 g/mol. The molecule has 7 nitrogen and oxygen atoms in total. The number of carbonyl (C=O) groups excluding carboxylic acids is 1. The van der Waals surface area contributed by atoms with E-state index in [1.165, 1.54) is 18.2 Å². The first-order valence-corrected chi connectivity index (χ1v) is 6.57. The molecule has 1 aromatic carbocycles. The van der Waals surface area contributed by atoms with E-state index in [2.05, 4.69) is 5.43 Å². The van der Waals surface area contributed by atoms with Gasteiger partial charge in [0.1, 0.15) is 5.56 Å². The van der Waals surface area contributed by atoms with Crippen LogP contribution in [0.15, 0.2) is 18.2 Å². The van der Waals surface area contributed by atoms with Crippen LogP contribution in [-0.2, 0) is 0 Å². The van der Waals surface area contributed by atoms with Crippen molar-refractivity contribution >= 4 is 17.3 Å². The number of rotatable bonds is 4. The molecule has 1 aliphatic carbocycles. The first-order chi connectivity index (χ1) is 9.54. The minimum atomic E-state index is -0.546. The molecule has 108 valence electrons. The maximum atomic E-state index is 12.5. The number of carbonyl (C=O) groups is 1. The summed E-state index contributed by atoms with van der Waals surface area (Å²) in [5.41, 5.74) is 2.75. The Hall–Kier alpha value is -2.15. The number of nitrogens with two attached hydrogens (primary N) is 1. The van der Waals surface area contributed by atoms with Gasteiger partial charge < -0.3 is 10.3 Å². The minimum absolute atomic E-state index is 0.0693. The van der Waals surface area contributed by atoms with Gasteiger partial charge in [-0.2, -0.15) is 0 Å². The standard InChI is InChI=1S/C13H18N4O3/c1-16(10-4-2-3-5-10)13(18)11-8-9(15-14)6-7-12(11)17(19)20/h6-8,10,15H,2-5,14H2,1H3. The molecule has 0 atom stereocenters. The van der Waals surface area contributed by atoms with Crippen molar-refractivity contribution in [3.05, 3.63) is 33.9 Å². The van der Waals surface area contributed by atoms with Gasteiger partial charge in [0.05, 0.1) is 4.92 Å². The average Bonchev–Trinajstić information content (AvgIpc) is 2.99. The Kier molecular flexibility index (Phi) is 4.19. The minimum Gasteiger partial charge on any atom is -0.339 e. The van der Waals surface area contributed by atoms with Crippen molar-refractivity contribution < 1.29 is 9.72 Å². The maximum absolute atomic E-state index is 12.5. The van der Waals surface area contributed by atoms with E-state index in [0.717, 1.165) is 25.7 Å². The van der Waals surface area contributed by atoms with E-state index in [-0.39, 0.29) is 23.2 Å². The number of amides is 1. The molecule has 0 bridgehead atoms. The van der Waals surface area contributed by atoms with Crippen LogP contribution < -0.4 is 11.3 Å². The predicted molar refractivity (Wildman–Crippen MR) is 75.3 cm³/mol. The molecule has 0 unspecified atom stereocenters. The normalized spacial score (nSPS) is 15.1. The molecule has 3 N–H and O–H groups in total. The molecule has 1 saturated carbocycles. The van der Waals surface area contributed by atoms with E-state index in [1.54, 1.807) is 11.9 Å². The zero-order valence-corrected chi connectivity index (χ0v) is 11.3. The molecule has 7 heteroatoms. The van der Waals surface area contributed by atoms with E-state index in [1.807, 2.05) is 0 Å². The van der Waals surface area contributed by atoms with E-state index >= 15 is 0 Å². The summed E-state index contributed by atoms with van der Waals surface area (Å²) in [7, 11) is 1.70. The zero-order valence-electron chi connectivity index (χ0n) is 11.3. The third-order valence-electron chi connectivity index (χ3n) is 3.78. The number of nitrogens with one attached hydrogen (secondary N) is 1. The third kappa shape index (κ3) is 2.72. The van der Waals surface area contributed by atoms with Crippen LogP contribution >= 0.6 is 0 Å². The predicted octanol–water partition coefficient (Wildman–Crippen LogP) is 1.89. The van der Waals surface area contributed by atoms with Gasteiger partial charge in [0.25, 0.3) is 11.6 Å². The zero-order chi connectivity index (χ0) is 14.7. The highest BCUT2D eigenvalue weighted by molar-refractivity contribution is 5.99. The van der Waals surface area contributed by atoms with Gasteiger partial charge in [0.2, 0.25) is 0 Å². The molecule has 1 aromatic rings. The van der Waals surface area contributed by atoms with Gasteiger partial charge in [-0.3, -0.25) is 20.8 Å². The molecule has 2 rings (SSSR count). The van der Waals surface area contributed by atoms with Gasteiger partial charge >= 0.3 is 0 Å². The Morgan fingerprint density at radius 3 is 2.65 bits per heavy atom. The number of benzene rings is 1. The fourth-order valence-corrected chi connectivity index (χ4v) is 2.60. The van der Waals surface area contributed by atoms with Crippen molar-refractivity contribution in [2.24, 2.45) is 5.84 Å². The van der Waals surface area contributed by atoms with Crippen LogP contribution in [0.25, 0.3) is 0 Å². The van der Waals surface area contributed by atoms with Crippen molar-refractivity contribution in [1.29, 1.82) is 0 Å². The number of nitro groups is 1. The van der Waals surface area contributed by atoms with Crippen molar-refractivity contribution in [3.63, 3.8) is 0 Å². The van der Waals surface area contributed by atoms with Gasteiger partial charge in [0, 0.05) is 24.8 Å². The number of hydrogen-bond acceptors (Lipinski definition) is 5. The molecule has 1 amide bonds. The number of hydrazine groups is 1. The maximum Gasteiger partial charge on any atom is 0.282 e. The molecule has 1 aliphatic rings. The lowest BCUT2D eigenvalue weighted by molar-refractivity contribution is -0.385. The molecule has 0 aromatic heterocycles. The van der Waals surface area contributed by atoms with Crippen LogP contribution in [0.3, 0.4) is 0 Å². The van der Waals surface area contributed by atoms with Gasteiger partial charge in [-0.1, -0.05) is 12.8 Å². The summed E-state index contributed by atoms with van der Waals surface area (Å²) < 4.78 is 0. The van der Waals surface area contributed by atoms with E-state index < -0.39 is 4.92 Å². The number of nitrogen functional groups attached to an aromatic ring is 1. The highest BCUT2D eigenvalue weighted by Gasteiger charge is 2.28. The van der Waals surface area contributed by atoms with Gasteiger partial charge in [0.15, 0.2) is 0 Å². The van der Waals surface area contributed by atoms with Crippen LogP contribution in [-0.4, -0.2) is 28.8 Å². The average molecular weight is 278 g/mol. The lowest BCUT2D eigenvalue weighted by Crippen LogP contribution is -2.35. The lowest BCUT2D eigenvalue weighted by atomic mass is 10.1. The second kappa shape index (κ2) is 5.87. The smallest absolute Gasteiger partial charge is 0.282 e. The fraction of sp³-hybridized carbons (Fsp3) is 0.462. The Labute approximate surface area is 116 Å². The summed E-state index contributed by atoms with van der Waals surface area (Å²) in [6, 6.07) is 4.36. The van der Waals surface area contributed by atoms with Crippen LogP contribution in [0.4, 0.5) is 11.4 Å². The lowest BCUT2D eigenvalue weighted by Gasteiger charge is -2.24. The summed E-state index contributed by atoms with van der Waals surface area (Å²) in [6.45, 7) is 0. The van der Waals surface area contributed by atoms with Crippen LogP contribution in [0, 0.1) is 10.1 Å². The highest BCUT2D eigenvalue weighted by Crippen LogP contribution is 2.27. The van der Waals surface area contributed by atoms with Crippen LogP contribution in [0.5, 0.6) is 0 Å². The molecule has 0 spiro atoms. The Balaban J connectivity index is 2.33. The summed E-state index contributed by atoms with van der Waals surface area (Å²) >= 11 is 0. The van der Waals surface area contributed by atoms with Crippen LogP contribution in [0.1, 0.15) is 36.0 Å². The van der Waals surface area contributed by atoms with Crippen molar-refractivity contribution in [1.82, 2.24) is 4.90 Å². The molecular weight excluding hydrogens is 260 g/mol. The second-order valence-corrected chi connectivity index (χ2v) is 4.99. The molecule has 0 saturated heterocycles. The summed E-state index contributed by atoms with van der Waals surface area (Å²) in [5.74, 6) is 4.97. The summed E-state index contributed by atoms with van der Waals surface area (Å²) in [4.78, 5) is 24.6. The van der Waals surface area contributed by atoms with Crippen molar-refractivity contribution in [3.8, 4) is 0 Å². The Morgan fingerprint density at radius 2 is 2.10 bits per heavy atom. The number of hydrogen-bond donors (Lipinski definition) is 2.